The second-order valence-electron chi connectivity index (χ2n) is 4.54. The summed E-state index contributed by atoms with van der Waals surface area (Å²) in [5, 5.41) is 8.57. The molecule has 1 aliphatic rings. The molecule has 1 aliphatic carbocycles. The van der Waals surface area contributed by atoms with Crippen LogP contribution in [-0.4, -0.2) is 20.6 Å². The Kier molecular flexibility index (Phi) is 2.99. The number of halogens is 1. The minimum absolute atomic E-state index is 0.644. The van der Waals surface area contributed by atoms with Crippen LogP contribution in [-0.2, 0) is 6.54 Å². The van der Waals surface area contributed by atoms with Crippen molar-refractivity contribution in [3.05, 3.63) is 29.2 Å². The van der Waals surface area contributed by atoms with E-state index in [0.29, 0.717) is 11.1 Å². The zero-order valence-corrected chi connectivity index (χ0v) is 10.3. The topological polar surface area (TPSA) is 42.2 Å². The predicted molar refractivity (Wildman–Crippen MR) is 67.1 cm³/mol. The van der Waals surface area contributed by atoms with Crippen molar-refractivity contribution in [1.82, 2.24) is 19.9 Å². The summed E-state index contributed by atoms with van der Waals surface area (Å²) in [5.74, 6) is 0.833. The van der Waals surface area contributed by atoms with Crippen molar-refractivity contribution in [3.63, 3.8) is 0 Å². The van der Waals surface area contributed by atoms with Crippen molar-refractivity contribution in [2.75, 3.05) is 0 Å². The van der Waals surface area contributed by atoms with Gasteiger partial charge in [-0.25, -0.2) is 9.50 Å². The van der Waals surface area contributed by atoms with Crippen molar-refractivity contribution in [2.24, 2.45) is 0 Å². The van der Waals surface area contributed by atoms with E-state index in [4.69, 9.17) is 11.6 Å². The third-order valence-electron chi connectivity index (χ3n) is 3.24. The first kappa shape index (κ1) is 11.0. The number of pyridine rings is 1. The van der Waals surface area contributed by atoms with Crippen LogP contribution in [0.25, 0.3) is 5.65 Å². The molecular formula is C12H15ClN4. The summed E-state index contributed by atoms with van der Waals surface area (Å²) in [5.41, 5.74) is 0.845. The minimum atomic E-state index is 0.644. The molecule has 2 aromatic heterocycles. The van der Waals surface area contributed by atoms with Crippen molar-refractivity contribution in [2.45, 2.75) is 38.3 Å². The lowest BCUT2D eigenvalue weighted by atomic mass is 10.2. The van der Waals surface area contributed by atoms with Gasteiger partial charge in [-0.1, -0.05) is 24.4 Å². The number of nitrogens with one attached hydrogen (secondary N) is 1. The molecule has 1 saturated carbocycles. The molecule has 5 heteroatoms. The van der Waals surface area contributed by atoms with Crippen molar-refractivity contribution in [1.29, 1.82) is 0 Å². The number of aromatic nitrogens is 3. The summed E-state index contributed by atoms with van der Waals surface area (Å²) < 4.78 is 1.73. The summed E-state index contributed by atoms with van der Waals surface area (Å²) in [4.78, 5) is 4.45. The van der Waals surface area contributed by atoms with Crippen molar-refractivity contribution >= 4 is 17.2 Å². The standard InChI is InChI=1S/C12H15ClN4/c13-9-5-6-12-15-11(16-17(12)8-9)7-14-10-3-1-2-4-10/h5-6,8,10,14H,1-4,7H2. The molecule has 0 aliphatic heterocycles. The van der Waals surface area contributed by atoms with Crippen LogP contribution in [0.15, 0.2) is 18.3 Å². The summed E-state index contributed by atoms with van der Waals surface area (Å²) >= 11 is 5.90. The lowest BCUT2D eigenvalue weighted by Crippen LogP contribution is -2.25. The summed E-state index contributed by atoms with van der Waals surface area (Å²) in [6.07, 6.45) is 7.01. The fourth-order valence-electron chi connectivity index (χ4n) is 2.34. The van der Waals surface area contributed by atoms with E-state index in [1.807, 2.05) is 12.1 Å². The maximum Gasteiger partial charge on any atom is 0.165 e. The average molecular weight is 251 g/mol. The molecule has 0 amide bonds. The van der Waals surface area contributed by atoms with E-state index in [-0.39, 0.29) is 0 Å². The number of rotatable bonds is 3. The van der Waals surface area contributed by atoms with Crippen molar-refractivity contribution in [3.8, 4) is 0 Å². The molecule has 0 aromatic carbocycles. The maximum atomic E-state index is 5.90. The summed E-state index contributed by atoms with van der Waals surface area (Å²) in [6, 6.07) is 4.36. The molecule has 0 saturated heterocycles. The largest absolute Gasteiger partial charge is 0.307 e. The molecule has 3 rings (SSSR count). The highest BCUT2D eigenvalue weighted by Gasteiger charge is 2.14. The average Bonchev–Trinajstić information content (AvgIpc) is 2.94. The Hall–Kier alpha value is -1.13. The Morgan fingerprint density at radius 2 is 2.18 bits per heavy atom. The Balaban J connectivity index is 1.72. The Morgan fingerprint density at radius 3 is 3.00 bits per heavy atom. The molecule has 2 heterocycles. The molecular weight excluding hydrogens is 236 g/mol. The third kappa shape index (κ3) is 2.42. The smallest absolute Gasteiger partial charge is 0.165 e. The fraction of sp³-hybridized carbons (Fsp3) is 0.500. The van der Waals surface area contributed by atoms with Crippen LogP contribution in [0.3, 0.4) is 0 Å². The molecule has 0 bridgehead atoms. The molecule has 1 N–H and O–H groups in total. The maximum absolute atomic E-state index is 5.90. The van der Waals surface area contributed by atoms with E-state index < -0.39 is 0 Å². The molecule has 0 spiro atoms. The van der Waals surface area contributed by atoms with Gasteiger partial charge in [-0.3, -0.25) is 0 Å². The van der Waals surface area contributed by atoms with Crippen LogP contribution >= 0.6 is 11.6 Å². The molecule has 0 unspecified atom stereocenters. The van der Waals surface area contributed by atoms with Crippen LogP contribution in [0, 0.1) is 0 Å². The molecule has 0 atom stereocenters. The number of hydrogen-bond donors (Lipinski definition) is 1. The van der Waals surface area contributed by atoms with Gasteiger partial charge in [0.05, 0.1) is 11.6 Å². The summed E-state index contributed by atoms with van der Waals surface area (Å²) in [6.45, 7) is 0.740. The zero-order chi connectivity index (χ0) is 11.7. The van der Waals surface area contributed by atoms with Gasteiger partial charge < -0.3 is 5.32 Å². The number of hydrogen-bond acceptors (Lipinski definition) is 3. The second kappa shape index (κ2) is 4.63. The van der Waals surface area contributed by atoms with E-state index in [0.717, 1.165) is 18.0 Å². The fourth-order valence-corrected chi connectivity index (χ4v) is 2.50. The van der Waals surface area contributed by atoms with E-state index >= 15 is 0 Å². The lowest BCUT2D eigenvalue weighted by molar-refractivity contribution is 0.513. The molecule has 90 valence electrons. The van der Waals surface area contributed by atoms with Gasteiger partial charge in [0, 0.05) is 12.2 Å². The first-order valence-electron chi connectivity index (χ1n) is 6.05. The second-order valence-corrected chi connectivity index (χ2v) is 4.98. The van der Waals surface area contributed by atoms with E-state index in [1.54, 1.807) is 10.7 Å². The Bertz CT molecular complexity index is 516. The molecule has 1 fully saturated rings. The van der Waals surface area contributed by atoms with Gasteiger partial charge in [-0.2, -0.15) is 0 Å². The van der Waals surface area contributed by atoms with Crippen molar-refractivity contribution < 1.29 is 0 Å². The first-order chi connectivity index (χ1) is 8.31. The lowest BCUT2D eigenvalue weighted by Gasteiger charge is -2.08. The third-order valence-corrected chi connectivity index (χ3v) is 3.47. The van der Waals surface area contributed by atoms with Crippen LogP contribution < -0.4 is 5.32 Å². The molecule has 0 radical (unpaired) electrons. The number of nitrogens with zero attached hydrogens (tertiary/aromatic N) is 3. The highest BCUT2D eigenvalue weighted by atomic mass is 35.5. The predicted octanol–water partition coefficient (Wildman–Crippen LogP) is 2.41. The minimum Gasteiger partial charge on any atom is -0.307 e. The van der Waals surface area contributed by atoms with Gasteiger partial charge in [-0.15, -0.1) is 5.10 Å². The molecule has 4 nitrogen and oxygen atoms in total. The summed E-state index contributed by atoms with van der Waals surface area (Å²) in [7, 11) is 0. The molecule has 17 heavy (non-hydrogen) atoms. The van der Waals surface area contributed by atoms with Crippen LogP contribution in [0.2, 0.25) is 5.02 Å². The normalized spacial score (nSPS) is 17.0. The van der Waals surface area contributed by atoms with E-state index in [2.05, 4.69) is 15.4 Å². The zero-order valence-electron chi connectivity index (χ0n) is 9.56. The van der Waals surface area contributed by atoms with Gasteiger partial charge in [0.25, 0.3) is 0 Å². The SMILES string of the molecule is Clc1ccc2nc(CNC3CCCC3)nn2c1. The van der Waals surface area contributed by atoms with Crippen LogP contribution in [0.5, 0.6) is 0 Å². The number of fused-ring (bicyclic) bond motifs is 1. The Morgan fingerprint density at radius 1 is 1.35 bits per heavy atom. The van der Waals surface area contributed by atoms with E-state index in [1.165, 1.54) is 25.7 Å². The van der Waals surface area contributed by atoms with Gasteiger partial charge >= 0.3 is 0 Å². The van der Waals surface area contributed by atoms with Crippen LogP contribution in [0.1, 0.15) is 31.5 Å². The molecule has 2 aromatic rings. The van der Waals surface area contributed by atoms with Gasteiger partial charge in [-0.05, 0) is 25.0 Å². The van der Waals surface area contributed by atoms with Gasteiger partial charge in [0.15, 0.2) is 11.5 Å². The van der Waals surface area contributed by atoms with Gasteiger partial charge in [0.2, 0.25) is 0 Å². The monoisotopic (exact) mass is 250 g/mol. The Labute approximate surface area is 105 Å². The van der Waals surface area contributed by atoms with Gasteiger partial charge in [0.1, 0.15) is 0 Å². The highest BCUT2D eigenvalue weighted by Crippen LogP contribution is 2.18. The highest BCUT2D eigenvalue weighted by molar-refractivity contribution is 6.30. The quantitative estimate of drug-likeness (QED) is 0.910. The first-order valence-corrected chi connectivity index (χ1v) is 6.43. The van der Waals surface area contributed by atoms with E-state index in [9.17, 15) is 0 Å². The van der Waals surface area contributed by atoms with Crippen LogP contribution in [0.4, 0.5) is 0 Å².